The molecule has 2 aromatic rings. The van der Waals surface area contributed by atoms with Crippen LogP contribution in [0, 0.1) is 5.82 Å². The summed E-state index contributed by atoms with van der Waals surface area (Å²) in [5.74, 6) is -0.750. The van der Waals surface area contributed by atoms with E-state index in [-0.39, 0.29) is 17.3 Å². The largest absolute Gasteiger partial charge is 0.389 e. The second-order valence-electron chi connectivity index (χ2n) is 4.73. The molecule has 6 heteroatoms. The second kappa shape index (κ2) is 5.42. The Kier molecular flexibility index (Phi) is 3.85. The van der Waals surface area contributed by atoms with Crippen molar-refractivity contribution < 1.29 is 14.3 Å². The Morgan fingerprint density at radius 3 is 2.65 bits per heavy atom. The van der Waals surface area contributed by atoms with Gasteiger partial charge < -0.3 is 10.0 Å². The van der Waals surface area contributed by atoms with Crippen molar-refractivity contribution in [1.82, 2.24) is 14.7 Å². The van der Waals surface area contributed by atoms with E-state index in [0.29, 0.717) is 5.56 Å². The molecule has 0 aliphatic heterocycles. The minimum atomic E-state index is -0.734. The van der Waals surface area contributed by atoms with Gasteiger partial charge in [0, 0.05) is 20.3 Å². The molecule has 2 rings (SSSR count). The maximum Gasteiger partial charge on any atom is 0.273 e. The van der Waals surface area contributed by atoms with Crippen molar-refractivity contribution >= 4 is 5.91 Å². The van der Waals surface area contributed by atoms with Crippen LogP contribution in [0.2, 0.25) is 0 Å². The topological polar surface area (TPSA) is 58.4 Å². The Balaban J connectivity index is 2.35. The van der Waals surface area contributed by atoms with Crippen molar-refractivity contribution in [2.24, 2.45) is 0 Å². The molecule has 0 saturated heterocycles. The zero-order chi connectivity index (χ0) is 14.9. The van der Waals surface area contributed by atoms with Crippen molar-refractivity contribution in [2.45, 2.75) is 13.0 Å². The predicted octanol–water partition coefficient (Wildman–Crippen LogP) is 1.77. The first-order valence-electron chi connectivity index (χ1n) is 6.15. The summed E-state index contributed by atoms with van der Waals surface area (Å²) in [6.45, 7) is 1.57. The fraction of sp³-hybridized carbons (Fsp3) is 0.286. The molecule has 0 aliphatic carbocycles. The lowest BCUT2D eigenvalue weighted by atomic mass is 10.1. The zero-order valence-electron chi connectivity index (χ0n) is 11.5. The molecular formula is C14H16FN3O2. The van der Waals surface area contributed by atoms with Gasteiger partial charge in [0.2, 0.25) is 0 Å². The fourth-order valence-electron chi connectivity index (χ4n) is 1.77. The van der Waals surface area contributed by atoms with Crippen LogP contribution in [0.3, 0.4) is 0 Å². The summed E-state index contributed by atoms with van der Waals surface area (Å²) >= 11 is 0. The highest BCUT2D eigenvalue weighted by Crippen LogP contribution is 2.19. The molecule has 20 heavy (non-hydrogen) atoms. The summed E-state index contributed by atoms with van der Waals surface area (Å²) in [7, 11) is 3.25. The molecule has 0 aliphatic rings. The molecule has 1 aromatic carbocycles. The third kappa shape index (κ3) is 2.70. The number of aromatic nitrogens is 2. The summed E-state index contributed by atoms with van der Waals surface area (Å²) in [5.41, 5.74) is 0.962. The lowest BCUT2D eigenvalue weighted by Crippen LogP contribution is -2.22. The number of hydrogen-bond donors (Lipinski definition) is 1. The van der Waals surface area contributed by atoms with E-state index in [1.807, 2.05) is 0 Å². The molecule has 0 fully saturated rings. The van der Waals surface area contributed by atoms with Gasteiger partial charge in [-0.2, -0.15) is 5.10 Å². The van der Waals surface area contributed by atoms with Crippen LogP contribution < -0.4 is 0 Å². The van der Waals surface area contributed by atoms with Gasteiger partial charge in [-0.15, -0.1) is 0 Å². The highest BCUT2D eigenvalue weighted by molar-refractivity contribution is 5.91. The van der Waals surface area contributed by atoms with Crippen LogP contribution in [-0.4, -0.2) is 39.8 Å². The average molecular weight is 277 g/mol. The lowest BCUT2D eigenvalue weighted by molar-refractivity contribution is 0.0821. The summed E-state index contributed by atoms with van der Waals surface area (Å²) in [6.07, 6.45) is 0.791. The number of hydrogen-bond acceptors (Lipinski definition) is 3. The number of aliphatic hydroxyl groups excluding tert-OH is 1. The standard InChI is InChI=1S/C14H16FN3O2/c1-9(19)10-4-5-13(11(15)8-10)18-7-6-12(16-18)14(20)17(2)3/h4-9,19H,1-3H3. The summed E-state index contributed by atoms with van der Waals surface area (Å²) in [4.78, 5) is 13.1. The van der Waals surface area contributed by atoms with Crippen molar-refractivity contribution in [3.63, 3.8) is 0 Å². The van der Waals surface area contributed by atoms with Crippen molar-refractivity contribution in [2.75, 3.05) is 14.1 Å². The average Bonchev–Trinajstić information content (AvgIpc) is 2.86. The highest BCUT2D eigenvalue weighted by atomic mass is 19.1. The van der Waals surface area contributed by atoms with E-state index in [0.717, 1.165) is 0 Å². The molecule has 0 radical (unpaired) electrons. The van der Waals surface area contributed by atoms with Gasteiger partial charge in [0.1, 0.15) is 11.5 Å². The van der Waals surface area contributed by atoms with Gasteiger partial charge in [0.15, 0.2) is 5.69 Å². The molecule has 1 heterocycles. The van der Waals surface area contributed by atoms with E-state index in [1.54, 1.807) is 27.1 Å². The lowest BCUT2D eigenvalue weighted by Gasteiger charge is -2.09. The number of aliphatic hydroxyl groups is 1. The minimum Gasteiger partial charge on any atom is -0.389 e. The molecular weight excluding hydrogens is 261 g/mol. The molecule has 1 atom stereocenters. The van der Waals surface area contributed by atoms with Gasteiger partial charge in [-0.05, 0) is 30.7 Å². The molecule has 0 bridgehead atoms. The SMILES string of the molecule is CC(O)c1ccc(-n2ccc(C(=O)N(C)C)n2)c(F)c1. The van der Waals surface area contributed by atoms with Gasteiger partial charge in [0.05, 0.1) is 6.10 Å². The van der Waals surface area contributed by atoms with Crippen molar-refractivity contribution in [1.29, 1.82) is 0 Å². The third-order valence-electron chi connectivity index (χ3n) is 2.92. The van der Waals surface area contributed by atoms with E-state index >= 15 is 0 Å². The predicted molar refractivity (Wildman–Crippen MR) is 72.2 cm³/mol. The first-order valence-corrected chi connectivity index (χ1v) is 6.15. The van der Waals surface area contributed by atoms with Crippen LogP contribution in [0.1, 0.15) is 29.1 Å². The van der Waals surface area contributed by atoms with Crippen LogP contribution in [0.5, 0.6) is 0 Å². The monoisotopic (exact) mass is 277 g/mol. The van der Waals surface area contributed by atoms with Crippen LogP contribution in [0.4, 0.5) is 4.39 Å². The van der Waals surface area contributed by atoms with Gasteiger partial charge in [-0.25, -0.2) is 9.07 Å². The van der Waals surface area contributed by atoms with E-state index in [2.05, 4.69) is 5.10 Å². The Morgan fingerprint density at radius 2 is 2.10 bits per heavy atom. The van der Waals surface area contributed by atoms with Gasteiger partial charge in [-0.1, -0.05) is 6.07 Å². The molecule has 0 saturated carbocycles. The zero-order valence-corrected chi connectivity index (χ0v) is 11.5. The summed E-state index contributed by atoms with van der Waals surface area (Å²) in [5, 5.41) is 13.5. The van der Waals surface area contributed by atoms with E-state index in [4.69, 9.17) is 0 Å². The Hall–Kier alpha value is -2.21. The first kappa shape index (κ1) is 14.2. The molecule has 1 amide bonds. The molecule has 106 valence electrons. The number of carbonyl (C=O) groups is 1. The minimum absolute atomic E-state index is 0.229. The van der Waals surface area contributed by atoms with Crippen LogP contribution in [0.15, 0.2) is 30.5 Å². The Morgan fingerprint density at radius 1 is 1.40 bits per heavy atom. The maximum atomic E-state index is 14.0. The molecule has 1 unspecified atom stereocenters. The first-order chi connectivity index (χ1) is 9.40. The fourth-order valence-corrected chi connectivity index (χ4v) is 1.77. The number of carbonyl (C=O) groups excluding carboxylic acids is 1. The molecule has 1 N–H and O–H groups in total. The third-order valence-corrected chi connectivity index (χ3v) is 2.92. The number of halogens is 1. The molecule has 1 aromatic heterocycles. The van der Waals surface area contributed by atoms with Crippen LogP contribution >= 0.6 is 0 Å². The van der Waals surface area contributed by atoms with Gasteiger partial charge in [-0.3, -0.25) is 4.79 Å². The highest BCUT2D eigenvalue weighted by Gasteiger charge is 2.14. The van der Waals surface area contributed by atoms with Gasteiger partial charge >= 0.3 is 0 Å². The number of nitrogens with zero attached hydrogens (tertiary/aromatic N) is 3. The molecule has 0 spiro atoms. The quantitative estimate of drug-likeness (QED) is 0.930. The molecule has 5 nitrogen and oxygen atoms in total. The Labute approximate surface area is 116 Å². The van der Waals surface area contributed by atoms with Crippen LogP contribution in [-0.2, 0) is 0 Å². The van der Waals surface area contributed by atoms with E-state index < -0.39 is 11.9 Å². The van der Waals surface area contributed by atoms with E-state index in [9.17, 15) is 14.3 Å². The summed E-state index contributed by atoms with van der Waals surface area (Å²) in [6, 6.07) is 5.94. The maximum absolute atomic E-state index is 14.0. The van der Waals surface area contributed by atoms with E-state index in [1.165, 1.54) is 34.0 Å². The normalized spacial score (nSPS) is 12.2. The van der Waals surface area contributed by atoms with Crippen LogP contribution in [0.25, 0.3) is 5.69 Å². The number of benzene rings is 1. The number of amides is 1. The summed E-state index contributed by atoms with van der Waals surface area (Å²) < 4.78 is 15.3. The smallest absolute Gasteiger partial charge is 0.273 e. The van der Waals surface area contributed by atoms with Crippen molar-refractivity contribution in [3.05, 3.63) is 47.5 Å². The van der Waals surface area contributed by atoms with Crippen molar-refractivity contribution in [3.8, 4) is 5.69 Å². The number of rotatable bonds is 3. The van der Waals surface area contributed by atoms with Gasteiger partial charge in [0.25, 0.3) is 5.91 Å². The second-order valence-corrected chi connectivity index (χ2v) is 4.73. The Bertz CT molecular complexity index is 635.